The highest BCUT2D eigenvalue weighted by Gasteiger charge is 2.34. The van der Waals surface area contributed by atoms with Gasteiger partial charge in [-0.3, -0.25) is 9.69 Å². The van der Waals surface area contributed by atoms with Gasteiger partial charge < -0.3 is 4.90 Å². The SMILES string of the molecule is O=C(C1CCN(S(=O)(=O)c2ccc(Cl)cc2)CC1)N1CCN(Cc2ccccc2Br)CC1. The Bertz CT molecular complexity index is 1050. The van der Waals surface area contributed by atoms with Gasteiger partial charge >= 0.3 is 0 Å². The molecule has 2 heterocycles. The Kier molecular flexibility index (Phi) is 7.57. The molecule has 2 aliphatic heterocycles. The zero-order chi connectivity index (χ0) is 22.7. The van der Waals surface area contributed by atoms with Crippen molar-refractivity contribution in [3.05, 3.63) is 63.6 Å². The average molecular weight is 541 g/mol. The molecule has 0 saturated carbocycles. The lowest BCUT2D eigenvalue weighted by Gasteiger charge is -2.38. The summed E-state index contributed by atoms with van der Waals surface area (Å²) in [6, 6.07) is 14.4. The minimum atomic E-state index is -3.55. The maximum atomic E-state index is 13.1. The molecule has 0 unspecified atom stereocenters. The monoisotopic (exact) mass is 539 g/mol. The van der Waals surface area contributed by atoms with Gasteiger partial charge in [-0.25, -0.2) is 8.42 Å². The van der Waals surface area contributed by atoms with E-state index in [0.29, 0.717) is 44.0 Å². The van der Waals surface area contributed by atoms with Crippen LogP contribution in [0.3, 0.4) is 0 Å². The van der Waals surface area contributed by atoms with E-state index < -0.39 is 10.0 Å². The smallest absolute Gasteiger partial charge is 0.243 e. The van der Waals surface area contributed by atoms with E-state index in [1.807, 2.05) is 17.0 Å². The molecule has 0 aliphatic carbocycles. The number of rotatable bonds is 5. The van der Waals surface area contributed by atoms with Gasteiger partial charge in [0, 0.05) is 61.2 Å². The first-order chi connectivity index (χ1) is 15.3. The molecular weight excluding hydrogens is 514 g/mol. The van der Waals surface area contributed by atoms with Crippen molar-refractivity contribution >= 4 is 43.5 Å². The van der Waals surface area contributed by atoms with E-state index in [-0.39, 0.29) is 16.7 Å². The van der Waals surface area contributed by atoms with Crippen LogP contribution in [0.4, 0.5) is 0 Å². The van der Waals surface area contributed by atoms with Crippen molar-refractivity contribution in [3.63, 3.8) is 0 Å². The Labute approximate surface area is 203 Å². The van der Waals surface area contributed by atoms with Crippen molar-refractivity contribution in [3.8, 4) is 0 Å². The second kappa shape index (κ2) is 10.2. The summed E-state index contributed by atoms with van der Waals surface area (Å²) < 4.78 is 28.3. The zero-order valence-corrected chi connectivity index (χ0v) is 20.9. The molecule has 0 N–H and O–H groups in total. The Hall–Kier alpha value is -1.45. The summed E-state index contributed by atoms with van der Waals surface area (Å²) >= 11 is 9.48. The number of hydrogen-bond donors (Lipinski definition) is 0. The van der Waals surface area contributed by atoms with E-state index in [9.17, 15) is 13.2 Å². The van der Waals surface area contributed by atoms with Crippen molar-refractivity contribution in [1.82, 2.24) is 14.1 Å². The van der Waals surface area contributed by atoms with Gasteiger partial charge in [-0.05, 0) is 48.7 Å². The molecule has 9 heteroatoms. The molecule has 0 spiro atoms. The fourth-order valence-electron chi connectivity index (χ4n) is 4.35. The third-order valence-corrected chi connectivity index (χ3v) is 9.23. The number of carbonyl (C=O) groups excluding carboxylic acids is 1. The van der Waals surface area contributed by atoms with Crippen molar-refractivity contribution < 1.29 is 13.2 Å². The molecule has 2 aliphatic rings. The highest BCUT2D eigenvalue weighted by Crippen LogP contribution is 2.26. The number of hydrogen-bond acceptors (Lipinski definition) is 4. The van der Waals surface area contributed by atoms with Crippen molar-refractivity contribution in [2.45, 2.75) is 24.3 Å². The molecule has 4 rings (SSSR count). The van der Waals surface area contributed by atoms with Crippen LogP contribution >= 0.6 is 27.5 Å². The predicted molar refractivity (Wildman–Crippen MR) is 129 cm³/mol. The minimum Gasteiger partial charge on any atom is -0.340 e. The van der Waals surface area contributed by atoms with Crippen molar-refractivity contribution in [2.75, 3.05) is 39.3 Å². The molecule has 172 valence electrons. The van der Waals surface area contributed by atoms with Gasteiger partial charge in [-0.2, -0.15) is 4.31 Å². The first-order valence-electron chi connectivity index (χ1n) is 10.8. The van der Waals surface area contributed by atoms with E-state index in [2.05, 4.69) is 33.0 Å². The molecule has 32 heavy (non-hydrogen) atoms. The Morgan fingerprint density at radius 1 is 0.938 bits per heavy atom. The summed E-state index contributed by atoms with van der Waals surface area (Å²) in [4.78, 5) is 17.6. The highest BCUT2D eigenvalue weighted by molar-refractivity contribution is 9.10. The third kappa shape index (κ3) is 5.37. The number of piperazine rings is 1. The summed E-state index contributed by atoms with van der Waals surface area (Å²) in [7, 11) is -3.55. The number of benzene rings is 2. The Morgan fingerprint density at radius 3 is 2.19 bits per heavy atom. The van der Waals surface area contributed by atoms with Crippen LogP contribution < -0.4 is 0 Å². The molecule has 2 aromatic rings. The lowest BCUT2D eigenvalue weighted by molar-refractivity contribution is -0.138. The van der Waals surface area contributed by atoms with Crippen LogP contribution in [0.2, 0.25) is 5.02 Å². The van der Waals surface area contributed by atoms with Crippen LogP contribution in [-0.2, 0) is 21.4 Å². The number of piperidine rings is 1. The molecular formula is C23H27BrClN3O3S. The fraction of sp³-hybridized carbons (Fsp3) is 0.435. The van der Waals surface area contributed by atoms with Crippen LogP contribution in [0.5, 0.6) is 0 Å². The van der Waals surface area contributed by atoms with Crippen LogP contribution in [0.1, 0.15) is 18.4 Å². The highest BCUT2D eigenvalue weighted by atomic mass is 79.9. The lowest BCUT2D eigenvalue weighted by Crippen LogP contribution is -2.51. The Morgan fingerprint density at radius 2 is 1.56 bits per heavy atom. The van der Waals surface area contributed by atoms with Gasteiger partial charge in [0.2, 0.25) is 15.9 Å². The lowest BCUT2D eigenvalue weighted by atomic mass is 9.96. The van der Waals surface area contributed by atoms with Crippen LogP contribution in [0.25, 0.3) is 0 Å². The van der Waals surface area contributed by atoms with Gasteiger partial charge in [0.1, 0.15) is 0 Å². The molecule has 0 atom stereocenters. The van der Waals surface area contributed by atoms with Gasteiger partial charge in [-0.15, -0.1) is 0 Å². The maximum Gasteiger partial charge on any atom is 0.243 e. The van der Waals surface area contributed by atoms with Crippen molar-refractivity contribution in [1.29, 1.82) is 0 Å². The molecule has 2 saturated heterocycles. The summed E-state index contributed by atoms with van der Waals surface area (Å²) in [6.45, 7) is 4.71. The fourth-order valence-corrected chi connectivity index (χ4v) is 6.36. The largest absolute Gasteiger partial charge is 0.340 e. The van der Waals surface area contributed by atoms with E-state index >= 15 is 0 Å². The van der Waals surface area contributed by atoms with E-state index in [4.69, 9.17) is 11.6 Å². The number of carbonyl (C=O) groups is 1. The maximum absolute atomic E-state index is 13.1. The number of amides is 1. The summed E-state index contributed by atoms with van der Waals surface area (Å²) in [6.07, 6.45) is 1.12. The van der Waals surface area contributed by atoms with Crippen LogP contribution in [0.15, 0.2) is 57.9 Å². The second-order valence-electron chi connectivity index (χ2n) is 8.33. The molecule has 1 amide bonds. The molecule has 6 nitrogen and oxygen atoms in total. The van der Waals surface area contributed by atoms with Crippen LogP contribution in [-0.4, -0.2) is 67.7 Å². The summed E-state index contributed by atoms with van der Waals surface area (Å²) in [5.74, 6) is 0.0515. The second-order valence-corrected chi connectivity index (χ2v) is 11.6. The quantitative estimate of drug-likeness (QED) is 0.578. The Balaban J connectivity index is 1.28. The van der Waals surface area contributed by atoms with E-state index in [1.54, 1.807) is 12.1 Å². The predicted octanol–water partition coefficient (Wildman–Crippen LogP) is 3.85. The molecule has 2 fully saturated rings. The van der Waals surface area contributed by atoms with Gasteiger partial charge in [0.05, 0.1) is 4.90 Å². The van der Waals surface area contributed by atoms with E-state index in [0.717, 1.165) is 24.1 Å². The zero-order valence-electron chi connectivity index (χ0n) is 17.8. The topological polar surface area (TPSA) is 60.9 Å². The average Bonchev–Trinajstić information content (AvgIpc) is 2.81. The van der Waals surface area contributed by atoms with Crippen LogP contribution in [0, 0.1) is 5.92 Å². The third-order valence-electron chi connectivity index (χ3n) is 6.29. The van der Waals surface area contributed by atoms with Gasteiger partial charge in [0.25, 0.3) is 0 Å². The van der Waals surface area contributed by atoms with Gasteiger partial charge in [-0.1, -0.05) is 45.7 Å². The standard InChI is InChI=1S/C23H27BrClN3O3S/c24-22-4-2-1-3-19(22)17-26-13-15-27(16-14-26)23(29)18-9-11-28(12-10-18)32(30,31)21-7-5-20(25)6-8-21/h1-8,18H,9-17H2. The summed E-state index contributed by atoms with van der Waals surface area (Å²) in [5.41, 5.74) is 1.25. The normalized spacial score (nSPS) is 19.2. The van der Waals surface area contributed by atoms with Gasteiger partial charge in [0.15, 0.2) is 0 Å². The molecule has 2 aromatic carbocycles. The summed E-state index contributed by atoms with van der Waals surface area (Å²) in [5, 5.41) is 0.504. The molecule has 0 aromatic heterocycles. The first kappa shape index (κ1) is 23.7. The molecule has 0 bridgehead atoms. The van der Waals surface area contributed by atoms with Crippen molar-refractivity contribution in [2.24, 2.45) is 5.92 Å². The number of halogens is 2. The number of nitrogens with zero attached hydrogens (tertiary/aromatic N) is 3. The number of sulfonamides is 1. The van der Waals surface area contributed by atoms with E-state index in [1.165, 1.54) is 22.0 Å². The molecule has 0 radical (unpaired) electrons. The minimum absolute atomic E-state index is 0.110. The first-order valence-corrected chi connectivity index (χ1v) is 13.5.